The van der Waals surface area contributed by atoms with Gasteiger partial charge in [-0.3, -0.25) is 0 Å². The topological polar surface area (TPSA) is 21.3 Å². The molecule has 0 saturated carbocycles. The molecule has 0 aliphatic carbocycles. The maximum atomic E-state index is 5.26. The fourth-order valence-corrected chi connectivity index (χ4v) is 3.10. The summed E-state index contributed by atoms with van der Waals surface area (Å²) >= 11 is 0. The lowest BCUT2D eigenvalue weighted by atomic mass is 9.94. The fraction of sp³-hybridized carbons (Fsp3) is 0.368. The predicted molar refractivity (Wildman–Crippen MR) is 90.4 cm³/mol. The molecule has 0 heterocycles. The molecule has 2 aromatic rings. The fourth-order valence-electron chi connectivity index (χ4n) is 3.10. The van der Waals surface area contributed by atoms with Crippen LogP contribution in [0.3, 0.4) is 0 Å². The van der Waals surface area contributed by atoms with E-state index in [1.807, 2.05) is 6.07 Å². The van der Waals surface area contributed by atoms with Crippen molar-refractivity contribution in [3.8, 4) is 5.75 Å². The Kier molecular flexibility index (Phi) is 4.56. The van der Waals surface area contributed by atoms with E-state index in [2.05, 4.69) is 64.2 Å². The Balaban J connectivity index is 2.28. The van der Waals surface area contributed by atoms with Crippen LogP contribution in [0, 0.1) is 27.7 Å². The molecule has 2 heteroatoms. The average Bonchev–Trinajstić information content (AvgIpc) is 2.39. The maximum Gasteiger partial charge on any atom is 0.119 e. The lowest BCUT2D eigenvalue weighted by Crippen LogP contribution is -2.11. The zero-order valence-electron chi connectivity index (χ0n) is 13.9. The number of benzene rings is 2. The largest absolute Gasteiger partial charge is 0.497 e. The van der Waals surface area contributed by atoms with Crippen molar-refractivity contribution in [3.05, 3.63) is 58.1 Å². The second kappa shape index (κ2) is 6.21. The van der Waals surface area contributed by atoms with E-state index in [-0.39, 0.29) is 6.04 Å². The number of rotatable bonds is 4. The molecule has 2 nitrogen and oxygen atoms in total. The summed E-state index contributed by atoms with van der Waals surface area (Å²) in [5.41, 5.74) is 7.75. The molecule has 112 valence electrons. The molecule has 0 saturated heterocycles. The average molecular weight is 283 g/mol. The summed E-state index contributed by atoms with van der Waals surface area (Å²) in [6.45, 7) is 10.8. The van der Waals surface area contributed by atoms with Crippen LogP contribution in [0.5, 0.6) is 5.75 Å². The molecular formula is C19H25NO. The highest BCUT2D eigenvalue weighted by Gasteiger charge is 2.13. The monoisotopic (exact) mass is 283 g/mol. The normalized spacial score (nSPS) is 12.1. The van der Waals surface area contributed by atoms with Crippen LogP contribution >= 0.6 is 0 Å². The molecule has 2 aromatic carbocycles. The Morgan fingerprint density at radius 2 is 1.52 bits per heavy atom. The second-order valence-electron chi connectivity index (χ2n) is 5.86. The van der Waals surface area contributed by atoms with Gasteiger partial charge in [-0.15, -0.1) is 0 Å². The van der Waals surface area contributed by atoms with Crippen LogP contribution in [0.2, 0.25) is 0 Å². The van der Waals surface area contributed by atoms with E-state index >= 15 is 0 Å². The summed E-state index contributed by atoms with van der Waals surface area (Å²) in [5.74, 6) is 0.897. The van der Waals surface area contributed by atoms with Gasteiger partial charge in [0.25, 0.3) is 0 Å². The third kappa shape index (κ3) is 3.38. The van der Waals surface area contributed by atoms with Crippen LogP contribution in [0.15, 0.2) is 30.3 Å². The van der Waals surface area contributed by atoms with Gasteiger partial charge in [0.1, 0.15) is 5.75 Å². The van der Waals surface area contributed by atoms with Crippen LogP contribution in [-0.4, -0.2) is 7.11 Å². The summed E-state index contributed by atoms with van der Waals surface area (Å²) in [6.07, 6.45) is 0. The Hall–Kier alpha value is -1.96. The number of methoxy groups -OCH3 is 1. The minimum Gasteiger partial charge on any atom is -0.497 e. The van der Waals surface area contributed by atoms with Crippen LogP contribution in [0.4, 0.5) is 5.69 Å². The summed E-state index contributed by atoms with van der Waals surface area (Å²) in [4.78, 5) is 0. The molecule has 0 amide bonds. The van der Waals surface area contributed by atoms with Crippen LogP contribution in [0.25, 0.3) is 0 Å². The van der Waals surface area contributed by atoms with E-state index in [1.165, 1.54) is 27.8 Å². The van der Waals surface area contributed by atoms with Gasteiger partial charge in [-0.05, 0) is 75.1 Å². The predicted octanol–water partition coefficient (Wildman–Crippen LogP) is 5.10. The van der Waals surface area contributed by atoms with E-state index < -0.39 is 0 Å². The van der Waals surface area contributed by atoms with Crippen molar-refractivity contribution < 1.29 is 4.74 Å². The molecule has 1 N–H and O–H groups in total. The highest BCUT2D eigenvalue weighted by Crippen LogP contribution is 2.29. The Morgan fingerprint density at radius 3 is 2.05 bits per heavy atom. The minimum atomic E-state index is 0.276. The lowest BCUT2D eigenvalue weighted by molar-refractivity contribution is 0.414. The third-order valence-corrected chi connectivity index (χ3v) is 3.98. The summed E-state index contributed by atoms with van der Waals surface area (Å²) in [5, 5.41) is 3.62. The van der Waals surface area contributed by atoms with Gasteiger partial charge in [0.2, 0.25) is 0 Å². The van der Waals surface area contributed by atoms with E-state index in [0.717, 1.165) is 11.4 Å². The van der Waals surface area contributed by atoms with Crippen molar-refractivity contribution in [3.63, 3.8) is 0 Å². The van der Waals surface area contributed by atoms with Gasteiger partial charge in [0.15, 0.2) is 0 Å². The molecule has 0 radical (unpaired) electrons. The molecule has 0 aliphatic rings. The van der Waals surface area contributed by atoms with Crippen molar-refractivity contribution in [2.45, 2.75) is 40.7 Å². The first-order valence-corrected chi connectivity index (χ1v) is 7.41. The zero-order chi connectivity index (χ0) is 15.6. The molecule has 21 heavy (non-hydrogen) atoms. The number of anilines is 1. The smallest absolute Gasteiger partial charge is 0.119 e. The first kappa shape index (κ1) is 15.4. The van der Waals surface area contributed by atoms with E-state index in [1.54, 1.807) is 7.11 Å². The van der Waals surface area contributed by atoms with Gasteiger partial charge < -0.3 is 10.1 Å². The third-order valence-electron chi connectivity index (χ3n) is 3.98. The van der Waals surface area contributed by atoms with Gasteiger partial charge in [0.05, 0.1) is 7.11 Å². The number of hydrogen-bond acceptors (Lipinski definition) is 2. The first-order chi connectivity index (χ1) is 9.92. The Labute approximate surface area is 128 Å². The summed E-state index contributed by atoms with van der Waals surface area (Å²) in [6, 6.07) is 10.9. The standard InChI is InChI=1S/C19H25NO/c1-12-9-14(3)19(15(4)10-12)16(5)20-18-8-7-17(21-6)11-13(18)2/h7-11,16,20H,1-6H3. The molecule has 2 rings (SSSR count). The molecule has 0 fully saturated rings. The zero-order valence-corrected chi connectivity index (χ0v) is 13.9. The molecule has 0 aliphatic heterocycles. The highest BCUT2D eigenvalue weighted by molar-refractivity contribution is 5.55. The van der Waals surface area contributed by atoms with Gasteiger partial charge in [-0.1, -0.05) is 17.7 Å². The highest BCUT2D eigenvalue weighted by atomic mass is 16.5. The maximum absolute atomic E-state index is 5.26. The van der Waals surface area contributed by atoms with Gasteiger partial charge in [-0.2, -0.15) is 0 Å². The summed E-state index contributed by atoms with van der Waals surface area (Å²) in [7, 11) is 1.70. The van der Waals surface area contributed by atoms with E-state index in [4.69, 9.17) is 4.74 Å². The van der Waals surface area contributed by atoms with Crippen LogP contribution in [-0.2, 0) is 0 Å². The Morgan fingerprint density at radius 1 is 0.905 bits per heavy atom. The minimum absolute atomic E-state index is 0.276. The van der Waals surface area contributed by atoms with E-state index in [0.29, 0.717) is 0 Å². The molecule has 1 unspecified atom stereocenters. The van der Waals surface area contributed by atoms with Crippen molar-refractivity contribution >= 4 is 5.69 Å². The molecule has 0 bridgehead atoms. The molecule has 0 aromatic heterocycles. The molecule has 1 atom stereocenters. The number of ether oxygens (including phenoxy) is 1. The lowest BCUT2D eigenvalue weighted by Gasteiger charge is -2.22. The van der Waals surface area contributed by atoms with Crippen molar-refractivity contribution in [2.75, 3.05) is 12.4 Å². The number of nitrogens with one attached hydrogen (secondary N) is 1. The SMILES string of the molecule is COc1ccc(NC(C)c2c(C)cc(C)cc2C)c(C)c1. The van der Waals surface area contributed by atoms with Crippen LogP contribution in [0.1, 0.15) is 40.8 Å². The van der Waals surface area contributed by atoms with Gasteiger partial charge in [0, 0.05) is 11.7 Å². The van der Waals surface area contributed by atoms with Crippen LogP contribution < -0.4 is 10.1 Å². The van der Waals surface area contributed by atoms with Crippen molar-refractivity contribution in [2.24, 2.45) is 0 Å². The summed E-state index contributed by atoms with van der Waals surface area (Å²) < 4.78 is 5.26. The van der Waals surface area contributed by atoms with E-state index in [9.17, 15) is 0 Å². The number of hydrogen-bond donors (Lipinski definition) is 1. The van der Waals surface area contributed by atoms with Gasteiger partial charge >= 0.3 is 0 Å². The molecular weight excluding hydrogens is 258 g/mol. The van der Waals surface area contributed by atoms with Gasteiger partial charge in [-0.25, -0.2) is 0 Å². The van der Waals surface area contributed by atoms with Crippen molar-refractivity contribution in [1.82, 2.24) is 0 Å². The van der Waals surface area contributed by atoms with Crippen molar-refractivity contribution in [1.29, 1.82) is 0 Å². The molecule has 0 spiro atoms. The Bertz CT molecular complexity index is 623. The second-order valence-corrected chi connectivity index (χ2v) is 5.86. The quantitative estimate of drug-likeness (QED) is 0.842. The first-order valence-electron chi connectivity index (χ1n) is 7.41. The number of aryl methyl sites for hydroxylation is 4.